The van der Waals surface area contributed by atoms with E-state index in [9.17, 15) is 18.0 Å². The Morgan fingerprint density at radius 3 is 2.52 bits per heavy atom. The van der Waals surface area contributed by atoms with Gasteiger partial charge in [-0.25, -0.2) is 13.2 Å². The quantitative estimate of drug-likeness (QED) is 0.676. The highest BCUT2D eigenvalue weighted by Crippen LogP contribution is 2.22. The van der Waals surface area contributed by atoms with Crippen molar-refractivity contribution in [3.05, 3.63) is 53.3 Å². The molecule has 0 aliphatic heterocycles. The van der Waals surface area contributed by atoms with Crippen LogP contribution in [0.4, 0.5) is 24.5 Å². The van der Waals surface area contributed by atoms with E-state index in [0.29, 0.717) is 17.9 Å². The van der Waals surface area contributed by atoms with Gasteiger partial charge in [-0.15, -0.1) is 0 Å². The number of nitrogens with two attached hydrogens (primary N) is 1. The number of halogens is 3. The van der Waals surface area contributed by atoms with Crippen molar-refractivity contribution in [3.63, 3.8) is 0 Å². The Kier molecular flexibility index (Phi) is 4.02. The third kappa shape index (κ3) is 3.25. The maximum absolute atomic E-state index is 13.5. The van der Waals surface area contributed by atoms with Crippen LogP contribution in [-0.2, 0) is 0 Å². The van der Waals surface area contributed by atoms with Gasteiger partial charge in [0.05, 0.1) is 12.8 Å². The molecule has 21 heavy (non-hydrogen) atoms. The lowest BCUT2D eigenvalue weighted by Gasteiger charge is -2.09. The molecule has 2 aromatic rings. The molecule has 0 aliphatic rings. The van der Waals surface area contributed by atoms with Crippen LogP contribution in [-0.4, -0.2) is 13.0 Å². The van der Waals surface area contributed by atoms with E-state index in [2.05, 4.69) is 5.32 Å². The van der Waals surface area contributed by atoms with E-state index in [0.717, 1.165) is 0 Å². The summed E-state index contributed by atoms with van der Waals surface area (Å²) in [6.07, 6.45) is 0. The van der Waals surface area contributed by atoms with Gasteiger partial charge >= 0.3 is 0 Å². The largest absolute Gasteiger partial charge is 0.497 e. The summed E-state index contributed by atoms with van der Waals surface area (Å²) in [5.74, 6) is -4.19. The van der Waals surface area contributed by atoms with Crippen molar-refractivity contribution < 1.29 is 22.7 Å². The number of carbonyl (C=O) groups is 1. The summed E-state index contributed by atoms with van der Waals surface area (Å²) in [4.78, 5) is 12.0. The molecular formula is C14H11F3N2O2. The molecule has 0 aromatic heterocycles. The lowest BCUT2D eigenvalue weighted by atomic mass is 10.1. The van der Waals surface area contributed by atoms with Crippen LogP contribution in [0, 0.1) is 17.5 Å². The molecule has 0 unspecified atom stereocenters. The van der Waals surface area contributed by atoms with Gasteiger partial charge in [0.1, 0.15) is 11.6 Å². The van der Waals surface area contributed by atoms with Gasteiger partial charge in [0.25, 0.3) is 5.91 Å². The minimum absolute atomic E-state index is 0.0657. The Hall–Kier alpha value is -2.70. The van der Waals surface area contributed by atoms with Crippen molar-refractivity contribution in [2.45, 2.75) is 0 Å². The molecule has 0 fully saturated rings. The van der Waals surface area contributed by atoms with Crippen LogP contribution in [0.5, 0.6) is 5.75 Å². The molecule has 4 nitrogen and oxygen atoms in total. The summed E-state index contributed by atoms with van der Waals surface area (Å²) in [6.45, 7) is 0. The predicted molar refractivity (Wildman–Crippen MR) is 71.7 cm³/mol. The first-order chi connectivity index (χ1) is 9.90. The van der Waals surface area contributed by atoms with Crippen LogP contribution in [0.15, 0.2) is 30.3 Å². The maximum atomic E-state index is 13.5. The minimum Gasteiger partial charge on any atom is -0.497 e. The number of hydrogen-bond acceptors (Lipinski definition) is 3. The van der Waals surface area contributed by atoms with E-state index in [4.69, 9.17) is 10.5 Å². The molecule has 3 N–H and O–H groups in total. The van der Waals surface area contributed by atoms with Crippen molar-refractivity contribution in [1.82, 2.24) is 0 Å². The van der Waals surface area contributed by atoms with Crippen LogP contribution in [0.25, 0.3) is 0 Å². The molecule has 2 rings (SSSR count). The van der Waals surface area contributed by atoms with Crippen LogP contribution in [0.2, 0.25) is 0 Å². The summed E-state index contributed by atoms with van der Waals surface area (Å²) in [7, 11) is 1.39. The normalized spacial score (nSPS) is 10.3. The topological polar surface area (TPSA) is 64.3 Å². The van der Waals surface area contributed by atoms with Crippen molar-refractivity contribution >= 4 is 17.3 Å². The molecule has 110 valence electrons. The van der Waals surface area contributed by atoms with Crippen LogP contribution < -0.4 is 15.8 Å². The van der Waals surface area contributed by atoms with Gasteiger partial charge in [0, 0.05) is 29.4 Å². The van der Waals surface area contributed by atoms with E-state index in [1.807, 2.05) is 0 Å². The fourth-order valence-corrected chi connectivity index (χ4v) is 1.71. The SMILES string of the molecule is COc1cc(N)cc(C(=O)Nc2cc(F)cc(F)c2F)c1. The zero-order chi connectivity index (χ0) is 15.6. The molecule has 0 aliphatic carbocycles. The maximum Gasteiger partial charge on any atom is 0.255 e. The number of rotatable bonds is 3. The first-order valence-corrected chi connectivity index (χ1v) is 5.81. The average molecular weight is 296 g/mol. The number of nitrogen functional groups attached to an aromatic ring is 1. The van der Waals surface area contributed by atoms with E-state index in [1.54, 1.807) is 0 Å². The standard InChI is InChI=1S/C14H11F3N2O2/c1-21-10-3-7(2-9(18)6-10)14(20)19-12-5-8(15)4-11(16)13(12)17/h2-6H,18H2,1H3,(H,19,20). The average Bonchev–Trinajstić information content (AvgIpc) is 2.43. The fourth-order valence-electron chi connectivity index (χ4n) is 1.71. The smallest absolute Gasteiger partial charge is 0.255 e. The van der Waals surface area contributed by atoms with Crippen molar-refractivity contribution in [2.75, 3.05) is 18.2 Å². The number of methoxy groups -OCH3 is 1. The van der Waals surface area contributed by atoms with Gasteiger partial charge < -0.3 is 15.8 Å². The summed E-state index contributed by atoms with van der Waals surface area (Å²) < 4.78 is 44.5. The zero-order valence-electron chi connectivity index (χ0n) is 10.9. The fraction of sp³-hybridized carbons (Fsp3) is 0.0714. The highest BCUT2D eigenvalue weighted by Gasteiger charge is 2.15. The number of amides is 1. The molecule has 7 heteroatoms. The number of carbonyl (C=O) groups excluding carboxylic acids is 1. The third-order valence-corrected chi connectivity index (χ3v) is 2.67. The zero-order valence-corrected chi connectivity index (χ0v) is 10.9. The number of ether oxygens (including phenoxy) is 1. The van der Waals surface area contributed by atoms with E-state index in [-0.39, 0.29) is 11.3 Å². The summed E-state index contributed by atoms with van der Waals surface area (Å²) in [5.41, 5.74) is 5.31. The third-order valence-electron chi connectivity index (χ3n) is 2.67. The van der Waals surface area contributed by atoms with Gasteiger partial charge in [-0.3, -0.25) is 4.79 Å². The lowest BCUT2D eigenvalue weighted by molar-refractivity contribution is 0.102. The second-order valence-corrected chi connectivity index (χ2v) is 4.20. The van der Waals surface area contributed by atoms with Gasteiger partial charge in [0.15, 0.2) is 11.6 Å². The van der Waals surface area contributed by atoms with Crippen molar-refractivity contribution in [3.8, 4) is 5.75 Å². The second-order valence-electron chi connectivity index (χ2n) is 4.20. The Bertz CT molecular complexity index is 705. The monoisotopic (exact) mass is 296 g/mol. The molecule has 0 radical (unpaired) electrons. The van der Waals surface area contributed by atoms with E-state index in [1.165, 1.54) is 25.3 Å². The van der Waals surface area contributed by atoms with Crippen LogP contribution in [0.1, 0.15) is 10.4 Å². The lowest BCUT2D eigenvalue weighted by Crippen LogP contribution is -2.14. The molecule has 0 heterocycles. The Labute approximate surface area is 118 Å². The van der Waals surface area contributed by atoms with Crippen LogP contribution >= 0.6 is 0 Å². The summed E-state index contributed by atoms with van der Waals surface area (Å²) in [5, 5.41) is 2.08. The molecule has 1 amide bonds. The van der Waals surface area contributed by atoms with Gasteiger partial charge in [-0.05, 0) is 12.1 Å². The Morgan fingerprint density at radius 1 is 1.14 bits per heavy atom. The number of benzene rings is 2. The Balaban J connectivity index is 2.32. The molecule has 0 spiro atoms. The molecule has 0 atom stereocenters. The van der Waals surface area contributed by atoms with Gasteiger partial charge in [-0.1, -0.05) is 0 Å². The molecule has 0 saturated heterocycles. The number of anilines is 2. The van der Waals surface area contributed by atoms with E-state index >= 15 is 0 Å². The van der Waals surface area contributed by atoms with Crippen molar-refractivity contribution in [1.29, 1.82) is 0 Å². The van der Waals surface area contributed by atoms with Gasteiger partial charge in [-0.2, -0.15) is 0 Å². The predicted octanol–water partition coefficient (Wildman–Crippen LogP) is 2.95. The molecular weight excluding hydrogens is 285 g/mol. The van der Waals surface area contributed by atoms with Crippen LogP contribution in [0.3, 0.4) is 0 Å². The summed E-state index contributed by atoms with van der Waals surface area (Å²) >= 11 is 0. The second kappa shape index (κ2) is 5.74. The summed E-state index contributed by atoms with van der Waals surface area (Å²) in [6, 6.07) is 5.23. The molecule has 0 saturated carbocycles. The van der Waals surface area contributed by atoms with Crippen molar-refractivity contribution in [2.24, 2.45) is 0 Å². The Morgan fingerprint density at radius 2 is 1.86 bits per heavy atom. The van der Waals surface area contributed by atoms with E-state index < -0.39 is 29.0 Å². The number of hydrogen-bond donors (Lipinski definition) is 2. The molecule has 2 aromatic carbocycles. The number of nitrogens with one attached hydrogen (secondary N) is 1. The highest BCUT2D eigenvalue weighted by atomic mass is 19.2. The highest BCUT2D eigenvalue weighted by molar-refractivity contribution is 6.05. The first kappa shape index (κ1) is 14.7. The minimum atomic E-state index is -1.39. The van der Waals surface area contributed by atoms with Gasteiger partial charge in [0.2, 0.25) is 0 Å². The first-order valence-electron chi connectivity index (χ1n) is 5.81. The molecule has 0 bridgehead atoms.